The second-order valence-electron chi connectivity index (χ2n) is 4.75. The van der Waals surface area contributed by atoms with Gasteiger partial charge in [-0.2, -0.15) is 0 Å². The Balaban J connectivity index is 2.37. The van der Waals surface area contributed by atoms with E-state index >= 15 is 0 Å². The molecule has 2 aromatic rings. The van der Waals surface area contributed by atoms with Crippen LogP contribution in [-0.4, -0.2) is 5.11 Å². The Labute approximate surface area is 117 Å². The molecule has 2 rings (SSSR count). The Hall–Kier alpha value is -1.12. The zero-order chi connectivity index (χ0) is 13.1. The van der Waals surface area contributed by atoms with Gasteiger partial charge in [-0.1, -0.05) is 72.2 Å². The van der Waals surface area contributed by atoms with Crippen LogP contribution >= 0.6 is 15.9 Å². The maximum Gasteiger partial charge on any atom is 0.105 e. The lowest BCUT2D eigenvalue weighted by atomic mass is 9.96. The van der Waals surface area contributed by atoms with Crippen LogP contribution in [0.15, 0.2) is 53.0 Å². The predicted octanol–water partition coefficient (Wildman–Crippen LogP) is 4.65. The number of hydrogen-bond donors (Lipinski definition) is 1. The summed E-state index contributed by atoms with van der Waals surface area (Å²) in [4.78, 5) is 0. The summed E-state index contributed by atoms with van der Waals surface area (Å²) < 4.78 is 0.937. The molecule has 0 amide bonds. The maximum absolute atomic E-state index is 10.4. The minimum atomic E-state index is -0.584. The van der Waals surface area contributed by atoms with Crippen molar-refractivity contribution in [3.8, 4) is 0 Å². The van der Waals surface area contributed by atoms with Gasteiger partial charge in [-0.15, -0.1) is 0 Å². The van der Waals surface area contributed by atoms with Gasteiger partial charge in [0.15, 0.2) is 0 Å². The molecular weight excluding hydrogens is 288 g/mol. The van der Waals surface area contributed by atoms with Crippen molar-refractivity contribution in [2.45, 2.75) is 25.9 Å². The molecule has 0 saturated carbocycles. The van der Waals surface area contributed by atoms with Gasteiger partial charge in [-0.25, -0.2) is 0 Å². The summed E-state index contributed by atoms with van der Waals surface area (Å²) in [6, 6.07) is 15.9. The van der Waals surface area contributed by atoms with Crippen molar-refractivity contribution in [1.82, 2.24) is 0 Å². The molecule has 2 aromatic carbocycles. The molecule has 0 aromatic heterocycles. The van der Waals surface area contributed by atoms with Gasteiger partial charge in [0.1, 0.15) is 6.10 Å². The van der Waals surface area contributed by atoms with Crippen LogP contribution in [0.2, 0.25) is 0 Å². The molecule has 1 atom stereocenters. The van der Waals surface area contributed by atoms with Gasteiger partial charge in [0, 0.05) is 4.47 Å². The lowest BCUT2D eigenvalue weighted by Crippen LogP contribution is -2.01. The van der Waals surface area contributed by atoms with Crippen LogP contribution in [-0.2, 0) is 0 Å². The minimum Gasteiger partial charge on any atom is -0.384 e. The third-order valence-corrected chi connectivity index (χ3v) is 3.82. The number of aliphatic hydroxyl groups excluding tert-OH is 1. The topological polar surface area (TPSA) is 20.2 Å². The van der Waals surface area contributed by atoms with E-state index in [9.17, 15) is 5.11 Å². The largest absolute Gasteiger partial charge is 0.384 e. The Morgan fingerprint density at radius 2 is 1.61 bits per heavy atom. The normalized spacial score (nSPS) is 12.7. The van der Waals surface area contributed by atoms with E-state index < -0.39 is 6.10 Å². The van der Waals surface area contributed by atoms with Crippen molar-refractivity contribution in [1.29, 1.82) is 0 Å². The third-order valence-electron chi connectivity index (χ3n) is 3.09. The standard InChI is InChI=1S/C16H17BrO/c1-11(2)12-6-5-7-13(10-12)16(18)14-8-3-4-9-15(14)17/h3-11,16,18H,1-2H3/t16-/m1/s1. The lowest BCUT2D eigenvalue weighted by molar-refractivity contribution is 0.219. The Kier molecular flexibility index (Phi) is 4.20. The molecule has 0 bridgehead atoms. The number of aliphatic hydroxyl groups is 1. The molecule has 94 valence electrons. The summed E-state index contributed by atoms with van der Waals surface area (Å²) in [6.07, 6.45) is -0.584. The molecule has 0 aliphatic heterocycles. The first kappa shape index (κ1) is 13.3. The quantitative estimate of drug-likeness (QED) is 0.875. The van der Waals surface area contributed by atoms with E-state index in [1.165, 1.54) is 5.56 Å². The molecule has 0 spiro atoms. The predicted molar refractivity (Wildman–Crippen MR) is 78.7 cm³/mol. The van der Waals surface area contributed by atoms with E-state index in [0.717, 1.165) is 15.6 Å². The molecule has 0 aliphatic carbocycles. The number of rotatable bonds is 3. The van der Waals surface area contributed by atoms with Gasteiger partial charge in [0.2, 0.25) is 0 Å². The number of hydrogen-bond acceptors (Lipinski definition) is 1. The van der Waals surface area contributed by atoms with Gasteiger partial charge in [-0.3, -0.25) is 0 Å². The smallest absolute Gasteiger partial charge is 0.105 e. The number of benzene rings is 2. The molecule has 18 heavy (non-hydrogen) atoms. The highest BCUT2D eigenvalue weighted by atomic mass is 79.9. The van der Waals surface area contributed by atoms with Gasteiger partial charge < -0.3 is 5.11 Å². The van der Waals surface area contributed by atoms with E-state index in [1.54, 1.807) is 0 Å². The van der Waals surface area contributed by atoms with Crippen LogP contribution in [0, 0.1) is 0 Å². The maximum atomic E-state index is 10.4. The Morgan fingerprint density at radius 1 is 0.944 bits per heavy atom. The second kappa shape index (κ2) is 5.68. The zero-order valence-electron chi connectivity index (χ0n) is 10.6. The highest BCUT2D eigenvalue weighted by Crippen LogP contribution is 2.29. The van der Waals surface area contributed by atoms with Crippen LogP contribution in [0.5, 0.6) is 0 Å². The summed E-state index contributed by atoms with van der Waals surface area (Å²) in [7, 11) is 0. The van der Waals surface area contributed by atoms with E-state index in [2.05, 4.69) is 41.9 Å². The van der Waals surface area contributed by atoms with Crippen molar-refractivity contribution in [3.63, 3.8) is 0 Å². The molecule has 0 saturated heterocycles. The van der Waals surface area contributed by atoms with Crippen LogP contribution in [0.25, 0.3) is 0 Å². The molecule has 2 heteroatoms. The Bertz CT molecular complexity index is 534. The van der Waals surface area contributed by atoms with Gasteiger partial charge in [0.25, 0.3) is 0 Å². The van der Waals surface area contributed by atoms with E-state index in [0.29, 0.717) is 5.92 Å². The molecule has 0 fully saturated rings. The fourth-order valence-corrected chi connectivity index (χ4v) is 2.47. The van der Waals surface area contributed by atoms with Gasteiger partial charge in [-0.05, 0) is 28.7 Å². The summed E-state index contributed by atoms with van der Waals surface area (Å²) in [5.41, 5.74) is 3.09. The molecule has 1 N–H and O–H groups in total. The van der Waals surface area contributed by atoms with Crippen molar-refractivity contribution < 1.29 is 5.11 Å². The monoisotopic (exact) mass is 304 g/mol. The molecule has 0 unspecified atom stereocenters. The van der Waals surface area contributed by atoms with Crippen LogP contribution in [0.4, 0.5) is 0 Å². The molecule has 1 nitrogen and oxygen atoms in total. The van der Waals surface area contributed by atoms with Crippen molar-refractivity contribution in [2.24, 2.45) is 0 Å². The average Bonchev–Trinajstić information content (AvgIpc) is 2.38. The average molecular weight is 305 g/mol. The molecular formula is C16H17BrO. The van der Waals surface area contributed by atoms with Gasteiger partial charge in [0.05, 0.1) is 0 Å². The van der Waals surface area contributed by atoms with E-state index in [-0.39, 0.29) is 0 Å². The number of halogens is 1. The first-order valence-corrected chi connectivity index (χ1v) is 6.91. The van der Waals surface area contributed by atoms with E-state index in [1.807, 2.05) is 36.4 Å². The Morgan fingerprint density at radius 3 is 2.28 bits per heavy atom. The summed E-state index contributed by atoms with van der Waals surface area (Å²) in [5.74, 6) is 0.469. The third kappa shape index (κ3) is 2.82. The summed E-state index contributed by atoms with van der Waals surface area (Å²) in [5, 5.41) is 10.4. The fourth-order valence-electron chi connectivity index (χ4n) is 1.96. The summed E-state index contributed by atoms with van der Waals surface area (Å²) in [6.45, 7) is 4.31. The van der Waals surface area contributed by atoms with Crippen LogP contribution in [0.3, 0.4) is 0 Å². The minimum absolute atomic E-state index is 0.469. The SMILES string of the molecule is CC(C)c1cccc([C@@H](O)c2ccccc2Br)c1. The zero-order valence-corrected chi connectivity index (χ0v) is 12.2. The summed E-state index contributed by atoms with van der Waals surface area (Å²) >= 11 is 3.48. The van der Waals surface area contributed by atoms with Crippen LogP contribution < -0.4 is 0 Å². The molecule has 0 heterocycles. The second-order valence-corrected chi connectivity index (χ2v) is 5.60. The first-order chi connectivity index (χ1) is 8.59. The highest BCUT2D eigenvalue weighted by molar-refractivity contribution is 9.10. The fraction of sp³-hybridized carbons (Fsp3) is 0.250. The van der Waals surface area contributed by atoms with Crippen molar-refractivity contribution in [3.05, 3.63) is 69.7 Å². The molecule has 0 radical (unpaired) electrons. The van der Waals surface area contributed by atoms with Crippen molar-refractivity contribution in [2.75, 3.05) is 0 Å². The van der Waals surface area contributed by atoms with E-state index in [4.69, 9.17) is 0 Å². The molecule has 0 aliphatic rings. The highest BCUT2D eigenvalue weighted by Gasteiger charge is 2.13. The van der Waals surface area contributed by atoms with Gasteiger partial charge >= 0.3 is 0 Å². The van der Waals surface area contributed by atoms with Crippen LogP contribution in [0.1, 0.15) is 42.6 Å². The van der Waals surface area contributed by atoms with Crippen molar-refractivity contribution >= 4 is 15.9 Å². The lowest BCUT2D eigenvalue weighted by Gasteiger charge is -2.15. The first-order valence-electron chi connectivity index (χ1n) is 6.12.